The second-order valence-electron chi connectivity index (χ2n) is 4.38. The van der Waals surface area contributed by atoms with E-state index in [4.69, 9.17) is 8.85 Å². The van der Waals surface area contributed by atoms with Crippen molar-refractivity contribution in [2.24, 2.45) is 0 Å². The average molecular weight is 236 g/mol. The minimum atomic E-state index is -0.777. The first kappa shape index (κ1) is 11.8. The smallest absolute Gasteiger partial charge is 0.305 e. The van der Waals surface area contributed by atoms with Crippen molar-refractivity contribution in [3.05, 3.63) is 35.9 Å². The first-order valence-corrected chi connectivity index (χ1v) is 7.34. The van der Waals surface area contributed by atoms with Gasteiger partial charge >= 0.3 is 10.0 Å². The van der Waals surface area contributed by atoms with E-state index < -0.39 is 10.0 Å². The van der Waals surface area contributed by atoms with Crippen LogP contribution in [0.15, 0.2) is 30.3 Å². The van der Waals surface area contributed by atoms with Gasteiger partial charge in [0.05, 0.1) is 6.61 Å². The molecule has 0 bridgehead atoms. The lowest BCUT2D eigenvalue weighted by molar-refractivity contribution is 0.119. The summed E-state index contributed by atoms with van der Waals surface area (Å²) in [5.41, 5.74) is 1.24. The Balaban J connectivity index is 1.58. The molecular formula is C13H20O2Si. The van der Waals surface area contributed by atoms with Crippen LogP contribution in [0.3, 0.4) is 0 Å². The summed E-state index contributed by atoms with van der Waals surface area (Å²) in [5.74, 6) is 0. The van der Waals surface area contributed by atoms with Gasteiger partial charge in [-0.15, -0.1) is 0 Å². The first-order chi connectivity index (χ1) is 7.95. The van der Waals surface area contributed by atoms with Crippen LogP contribution in [-0.2, 0) is 15.5 Å². The van der Waals surface area contributed by atoms with E-state index in [1.54, 1.807) is 0 Å². The van der Waals surface area contributed by atoms with Gasteiger partial charge in [-0.1, -0.05) is 49.6 Å². The van der Waals surface area contributed by atoms with E-state index in [1.807, 2.05) is 18.2 Å². The van der Waals surface area contributed by atoms with Crippen LogP contribution in [0, 0.1) is 0 Å². The van der Waals surface area contributed by atoms with Crippen LogP contribution in [0.4, 0.5) is 0 Å². The fourth-order valence-electron chi connectivity index (χ4n) is 2.11. The molecule has 0 atom stereocenters. The Kier molecular flexibility index (Phi) is 5.05. The average Bonchev–Trinajstić information content (AvgIpc) is 2.37. The van der Waals surface area contributed by atoms with Gasteiger partial charge in [-0.3, -0.25) is 0 Å². The zero-order valence-corrected chi connectivity index (χ0v) is 11.1. The lowest BCUT2D eigenvalue weighted by Crippen LogP contribution is -2.20. The van der Waals surface area contributed by atoms with Crippen LogP contribution < -0.4 is 0 Å². The minimum Gasteiger partial charge on any atom is -0.396 e. The Bertz CT molecular complexity index is 283. The number of hydrogen-bond acceptors (Lipinski definition) is 2. The highest BCUT2D eigenvalue weighted by atomic mass is 28.3. The first-order valence-electron chi connectivity index (χ1n) is 6.18. The topological polar surface area (TPSA) is 18.5 Å². The summed E-state index contributed by atoms with van der Waals surface area (Å²) in [6.07, 6.45) is 7.02. The molecule has 0 radical (unpaired) electrons. The Hall–Kier alpha value is -0.643. The van der Waals surface area contributed by atoms with Crippen LogP contribution in [0.25, 0.3) is 0 Å². The van der Waals surface area contributed by atoms with Crippen LogP contribution in [-0.4, -0.2) is 16.1 Å². The molecule has 1 aliphatic carbocycles. The lowest BCUT2D eigenvalue weighted by Gasteiger charge is -2.22. The molecule has 3 heteroatoms. The fraction of sp³-hybridized carbons (Fsp3) is 0.538. The summed E-state index contributed by atoms with van der Waals surface area (Å²) in [4.78, 5) is 0. The minimum absolute atomic E-state index is 0.496. The molecule has 0 unspecified atom stereocenters. The van der Waals surface area contributed by atoms with Gasteiger partial charge in [0.1, 0.15) is 0 Å². The third-order valence-corrected chi connectivity index (χ3v) is 4.03. The molecule has 0 heterocycles. The van der Waals surface area contributed by atoms with E-state index in [0.717, 1.165) is 0 Å². The Morgan fingerprint density at radius 3 is 2.56 bits per heavy atom. The monoisotopic (exact) mass is 236 g/mol. The van der Waals surface area contributed by atoms with Gasteiger partial charge in [0.2, 0.25) is 0 Å². The van der Waals surface area contributed by atoms with Crippen LogP contribution in [0.1, 0.15) is 37.7 Å². The molecule has 16 heavy (non-hydrogen) atoms. The maximum atomic E-state index is 5.82. The van der Waals surface area contributed by atoms with E-state index in [1.165, 1.54) is 37.7 Å². The quantitative estimate of drug-likeness (QED) is 0.578. The zero-order chi connectivity index (χ0) is 11.1. The molecule has 1 saturated carbocycles. The van der Waals surface area contributed by atoms with Crippen molar-refractivity contribution in [1.29, 1.82) is 0 Å². The fourth-order valence-corrected chi connectivity index (χ4v) is 3.05. The molecule has 1 fully saturated rings. The van der Waals surface area contributed by atoms with Crippen LogP contribution >= 0.6 is 0 Å². The van der Waals surface area contributed by atoms with Crippen molar-refractivity contribution in [2.75, 3.05) is 0 Å². The van der Waals surface area contributed by atoms with E-state index in [0.29, 0.717) is 12.7 Å². The van der Waals surface area contributed by atoms with Gasteiger partial charge in [0, 0.05) is 6.10 Å². The van der Waals surface area contributed by atoms with Crippen molar-refractivity contribution >= 4 is 10.0 Å². The number of rotatable bonds is 5. The third-order valence-electron chi connectivity index (χ3n) is 3.05. The number of hydrogen-bond donors (Lipinski definition) is 0. The van der Waals surface area contributed by atoms with Gasteiger partial charge in [0.15, 0.2) is 0 Å². The Morgan fingerprint density at radius 1 is 1.06 bits per heavy atom. The van der Waals surface area contributed by atoms with E-state index in [-0.39, 0.29) is 0 Å². The third kappa shape index (κ3) is 4.08. The molecular weight excluding hydrogens is 216 g/mol. The highest BCUT2D eigenvalue weighted by molar-refractivity contribution is 6.18. The molecule has 2 rings (SSSR count). The zero-order valence-electron chi connectivity index (χ0n) is 9.73. The summed E-state index contributed by atoms with van der Waals surface area (Å²) in [6, 6.07) is 10.3. The van der Waals surface area contributed by atoms with E-state index >= 15 is 0 Å². The summed E-state index contributed by atoms with van der Waals surface area (Å²) >= 11 is 0. The highest BCUT2D eigenvalue weighted by Gasteiger charge is 2.13. The SMILES string of the molecule is c1ccc(CO[SiH2]OC2CCCCC2)cc1. The summed E-state index contributed by atoms with van der Waals surface area (Å²) < 4.78 is 11.5. The summed E-state index contributed by atoms with van der Waals surface area (Å²) in [7, 11) is -0.777. The lowest BCUT2D eigenvalue weighted by atomic mass is 9.98. The number of benzene rings is 1. The summed E-state index contributed by atoms with van der Waals surface area (Å²) in [6.45, 7) is 0.708. The molecule has 0 N–H and O–H groups in total. The molecule has 0 saturated heterocycles. The van der Waals surface area contributed by atoms with Crippen molar-refractivity contribution < 1.29 is 8.85 Å². The standard InChI is InChI=1S/C13H20O2Si/c1-3-7-12(8-4-1)11-14-16-15-13-9-5-2-6-10-13/h1,3-4,7-8,13H,2,5-6,9-11,16H2. The van der Waals surface area contributed by atoms with Crippen LogP contribution in [0.5, 0.6) is 0 Å². The van der Waals surface area contributed by atoms with Crippen molar-refractivity contribution in [3.63, 3.8) is 0 Å². The second-order valence-corrected chi connectivity index (χ2v) is 5.36. The predicted octanol–water partition coefficient (Wildman–Crippen LogP) is 2.55. The molecule has 0 amide bonds. The van der Waals surface area contributed by atoms with Gasteiger partial charge in [-0.25, -0.2) is 0 Å². The maximum Gasteiger partial charge on any atom is 0.305 e. The van der Waals surface area contributed by atoms with Crippen molar-refractivity contribution in [1.82, 2.24) is 0 Å². The van der Waals surface area contributed by atoms with Gasteiger partial charge in [0.25, 0.3) is 0 Å². The molecule has 1 aromatic carbocycles. The van der Waals surface area contributed by atoms with Gasteiger partial charge in [-0.2, -0.15) is 0 Å². The van der Waals surface area contributed by atoms with Crippen molar-refractivity contribution in [3.8, 4) is 0 Å². The normalized spacial score (nSPS) is 18.2. The maximum absolute atomic E-state index is 5.82. The molecule has 2 nitrogen and oxygen atoms in total. The molecule has 1 aliphatic rings. The second kappa shape index (κ2) is 6.84. The van der Waals surface area contributed by atoms with Gasteiger partial charge in [-0.05, 0) is 18.4 Å². The van der Waals surface area contributed by atoms with E-state index in [9.17, 15) is 0 Å². The van der Waals surface area contributed by atoms with Crippen LogP contribution in [0.2, 0.25) is 0 Å². The highest BCUT2D eigenvalue weighted by Crippen LogP contribution is 2.19. The predicted molar refractivity (Wildman–Crippen MR) is 67.7 cm³/mol. The molecule has 0 aliphatic heterocycles. The van der Waals surface area contributed by atoms with E-state index in [2.05, 4.69) is 12.1 Å². The molecule has 0 spiro atoms. The Morgan fingerprint density at radius 2 is 1.81 bits per heavy atom. The Labute approximate surface area is 100 Å². The largest absolute Gasteiger partial charge is 0.396 e. The van der Waals surface area contributed by atoms with Gasteiger partial charge < -0.3 is 8.85 Å². The summed E-state index contributed by atoms with van der Waals surface area (Å²) in [5, 5.41) is 0. The molecule has 88 valence electrons. The van der Waals surface area contributed by atoms with Crippen molar-refractivity contribution in [2.45, 2.75) is 44.8 Å². The molecule has 0 aromatic heterocycles. The molecule has 1 aromatic rings.